The lowest BCUT2D eigenvalue weighted by Gasteiger charge is -2.44. The molecule has 0 aromatic heterocycles. The third kappa shape index (κ3) is 3.75. The molecule has 2 atom stereocenters. The molecule has 0 bridgehead atoms. The van der Waals surface area contributed by atoms with Gasteiger partial charge in [0, 0.05) is 13.0 Å². The standard InChI is InChI=1S/C10H19Cl3O2Si/c1-16(2)9(5-3-4-6-15-9)8(14)7-10(11,12)13/h8,14,16H,3-7H2,1-2H3. The molecule has 16 heavy (non-hydrogen) atoms. The monoisotopic (exact) mass is 304 g/mol. The number of aliphatic hydroxyl groups excluding tert-OH is 1. The normalized spacial score (nSPS) is 29.4. The zero-order valence-electron chi connectivity index (χ0n) is 9.68. The van der Waals surface area contributed by atoms with Crippen LogP contribution in [0.25, 0.3) is 0 Å². The van der Waals surface area contributed by atoms with Crippen LogP contribution in [0.15, 0.2) is 0 Å². The van der Waals surface area contributed by atoms with Gasteiger partial charge in [-0.25, -0.2) is 0 Å². The first-order valence-corrected chi connectivity index (χ1v) is 9.69. The molecule has 0 aromatic carbocycles. The summed E-state index contributed by atoms with van der Waals surface area (Å²) in [5.41, 5.74) is 0. The summed E-state index contributed by atoms with van der Waals surface area (Å²) in [6.45, 7) is 5.06. The Morgan fingerprint density at radius 3 is 2.38 bits per heavy atom. The van der Waals surface area contributed by atoms with Gasteiger partial charge >= 0.3 is 0 Å². The topological polar surface area (TPSA) is 29.5 Å². The smallest absolute Gasteiger partial charge is 0.193 e. The van der Waals surface area contributed by atoms with E-state index in [1.807, 2.05) is 0 Å². The molecule has 2 nitrogen and oxygen atoms in total. The predicted octanol–water partition coefficient (Wildman–Crippen LogP) is 3.07. The Bertz CT molecular complexity index is 225. The van der Waals surface area contributed by atoms with Crippen LogP contribution in [0, 0.1) is 0 Å². The Labute approximate surface area is 114 Å². The van der Waals surface area contributed by atoms with Crippen LogP contribution in [0.1, 0.15) is 25.7 Å². The van der Waals surface area contributed by atoms with Crippen LogP contribution in [-0.2, 0) is 4.74 Å². The summed E-state index contributed by atoms with van der Waals surface area (Å²) in [4.78, 5) is 0. The van der Waals surface area contributed by atoms with Crippen molar-refractivity contribution in [1.82, 2.24) is 0 Å². The molecule has 1 fully saturated rings. The molecule has 1 aliphatic rings. The second kappa shape index (κ2) is 5.76. The van der Waals surface area contributed by atoms with E-state index in [2.05, 4.69) is 13.1 Å². The molecule has 0 aromatic rings. The molecule has 1 heterocycles. The van der Waals surface area contributed by atoms with Crippen molar-refractivity contribution >= 4 is 43.6 Å². The average molecular weight is 306 g/mol. The molecular weight excluding hydrogens is 287 g/mol. The van der Waals surface area contributed by atoms with Gasteiger partial charge < -0.3 is 9.84 Å². The summed E-state index contributed by atoms with van der Waals surface area (Å²) in [7, 11) is -1.18. The predicted molar refractivity (Wildman–Crippen MR) is 72.3 cm³/mol. The maximum absolute atomic E-state index is 10.3. The van der Waals surface area contributed by atoms with Crippen molar-refractivity contribution < 1.29 is 9.84 Å². The van der Waals surface area contributed by atoms with E-state index in [4.69, 9.17) is 39.5 Å². The summed E-state index contributed by atoms with van der Waals surface area (Å²) in [6, 6.07) is 0. The fourth-order valence-corrected chi connectivity index (χ4v) is 4.89. The van der Waals surface area contributed by atoms with Gasteiger partial charge in [0.05, 0.1) is 20.1 Å². The highest BCUT2D eigenvalue weighted by molar-refractivity contribution is 6.67. The van der Waals surface area contributed by atoms with Crippen molar-refractivity contribution in [2.75, 3.05) is 6.61 Å². The van der Waals surface area contributed by atoms with Gasteiger partial charge in [-0.3, -0.25) is 0 Å². The molecule has 1 aliphatic heterocycles. The molecule has 1 rings (SSSR count). The van der Waals surface area contributed by atoms with Crippen LogP contribution in [0.2, 0.25) is 13.1 Å². The summed E-state index contributed by atoms with van der Waals surface area (Å²) >= 11 is 17.2. The first-order chi connectivity index (χ1) is 7.28. The zero-order valence-corrected chi connectivity index (χ0v) is 13.1. The largest absolute Gasteiger partial charge is 0.390 e. The third-order valence-corrected chi connectivity index (χ3v) is 6.56. The van der Waals surface area contributed by atoms with Crippen LogP contribution >= 0.6 is 34.8 Å². The van der Waals surface area contributed by atoms with E-state index in [9.17, 15) is 5.11 Å². The summed E-state index contributed by atoms with van der Waals surface area (Å²) < 4.78 is 4.46. The number of aliphatic hydroxyl groups is 1. The van der Waals surface area contributed by atoms with Gasteiger partial charge in [-0.2, -0.15) is 0 Å². The lowest BCUT2D eigenvalue weighted by molar-refractivity contribution is -0.0993. The van der Waals surface area contributed by atoms with Crippen LogP contribution in [0.5, 0.6) is 0 Å². The second-order valence-corrected chi connectivity index (χ2v) is 10.6. The van der Waals surface area contributed by atoms with Crippen molar-refractivity contribution in [2.24, 2.45) is 0 Å². The van der Waals surface area contributed by atoms with Gasteiger partial charge in [-0.15, -0.1) is 0 Å². The molecule has 1 N–H and O–H groups in total. The van der Waals surface area contributed by atoms with E-state index in [1.54, 1.807) is 0 Å². The fourth-order valence-electron chi connectivity index (χ4n) is 2.33. The minimum atomic E-state index is -1.41. The van der Waals surface area contributed by atoms with E-state index in [-0.39, 0.29) is 6.42 Å². The molecule has 0 radical (unpaired) electrons. The Hall–Kier alpha value is 1.01. The lowest BCUT2D eigenvalue weighted by atomic mass is 10.0. The first-order valence-electron chi connectivity index (χ1n) is 5.67. The quantitative estimate of drug-likeness (QED) is 0.641. The SMILES string of the molecule is C[SiH](C)C1(C(O)CC(Cl)(Cl)Cl)CCCCO1. The van der Waals surface area contributed by atoms with E-state index < -0.39 is 23.9 Å². The molecule has 0 spiro atoms. The molecule has 0 aliphatic carbocycles. The Morgan fingerprint density at radius 2 is 2.00 bits per heavy atom. The van der Waals surface area contributed by atoms with Crippen molar-refractivity contribution in [3.63, 3.8) is 0 Å². The Balaban J connectivity index is 2.76. The number of hydrogen-bond donors (Lipinski definition) is 1. The minimum absolute atomic E-state index is 0.142. The van der Waals surface area contributed by atoms with Gasteiger partial charge in [0.2, 0.25) is 0 Å². The van der Waals surface area contributed by atoms with E-state index in [0.29, 0.717) is 6.61 Å². The maximum Gasteiger partial charge on any atom is 0.193 e. The first kappa shape index (κ1) is 15.1. The Morgan fingerprint density at radius 1 is 1.38 bits per heavy atom. The van der Waals surface area contributed by atoms with E-state index >= 15 is 0 Å². The lowest BCUT2D eigenvalue weighted by Crippen LogP contribution is -2.57. The highest BCUT2D eigenvalue weighted by Crippen LogP contribution is 2.39. The molecular formula is C10H19Cl3O2Si. The summed E-state index contributed by atoms with van der Waals surface area (Å²) in [5, 5.41) is 9.87. The van der Waals surface area contributed by atoms with E-state index in [0.717, 1.165) is 19.3 Å². The van der Waals surface area contributed by atoms with Gasteiger partial charge in [0.15, 0.2) is 3.79 Å². The maximum atomic E-state index is 10.3. The summed E-state index contributed by atoms with van der Waals surface area (Å²) in [6.07, 6.45) is 2.50. The number of ether oxygens (including phenoxy) is 1. The molecule has 96 valence electrons. The molecule has 0 amide bonds. The summed E-state index contributed by atoms with van der Waals surface area (Å²) in [5.74, 6) is 0. The van der Waals surface area contributed by atoms with Crippen molar-refractivity contribution in [3.8, 4) is 0 Å². The zero-order chi connectivity index (χ0) is 12.4. The van der Waals surface area contributed by atoms with Gasteiger partial charge in [-0.1, -0.05) is 47.9 Å². The minimum Gasteiger partial charge on any atom is -0.390 e. The van der Waals surface area contributed by atoms with Gasteiger partial charge in [0.25, 0.3) is 0 Å². The number of hydrogen-bond acceptors (Lipinski definition) is 2. The average Bonchev–Trinajstić information content (AvgIpc) is 2.16. The van der Waals surface area contributed by atoms with Crippen LogP contribution < -0.4 is 0 Å². The molecule has 1 saturated heterocycles. The highest BCUT2D eigenvalue weighted by atomic mass is 35.6. The highest BCUT2D eigenvalue weighted by Gasteiger charge is 2.46. The molecule has 0 saturated carbocycles. The van der Waals surface area contributed by atoms with Crippen molar-refractivity contribution in [1.29, 1.82) is 0 Å². The number of rotatable bonds is 3. The van der Waals surface area contributed by atoms with Crippen LogP contribution in [0.4, 0.5) is 0 Å². The van der Waals surface area contributed by atoms with Gasteiger partial charge in [-0.05, 0) is 19.3 Å². The van der Waals surface area contributed by atoms with Crippen LogP contribution in [-0.4, -0.2) is 35.6 Å². The number of halogens is 3. The van der Waals surface area contributed by atoms with Crippen LogP contribution in [0.3, 0.4) is 0 Å². The molecule has 6 heteroatoms. The third-order valence-electron chi connectivity index (χ3n) is 3.30. The van der Waals surface area contributed by atoms with E-state index in [1.165, 1.54) is 0 Å². The van der Waals surface area contributed by atoms with Crippen molar-refractivity contribution in [2.45, 2.75) is 53.9 Å². The van der Waals surface area contributed by atoms with Crippen molar-refractivity contribution in [3.05, 3.63) is 0 Å². The fraction of sp³-hybridized carbons (Fsp3) is 1.00. The Kier molecular flexibility index (Phi) is 5.43. The molecule has 2 unspecified atom stereocenters. The number of alkyl halides is 3. The van der Waals surface area contributed by atoms with Gasteiger partial charge in [0.1, 0.15) is 0 Å². The second-order valence-electron chi connectivity index (χ2n) is 4.75.